The number of anilines is 1. The van der Waals surface area contributed by atoms with Crippen LogP contribution in [-0.4, -0.2) is 43.5 Å². The number of nitrogens with one attached hydrogen (secondary N) is 2. The van der Waals surface area contributed by atoms with Gasteiger partial charge in [-0.1, -0.05) is 49.4 Å². The number of rotatable bonds is 9. The molecule has 0 aliphatic carbocycles. The van der Waals surface area contributed by atoms with E-state index in [4.69, 9.17) is 4.74 Å². The first-order chi connectivity index (χ1) is 15.2. The van der Waals surface area contributed by atoms with Gasteiger partial charge < -0.3 is 20.3 Å². The summed E-state index contributed by atoms with van der Waals surface area (Å²) in [7, 11) is 1.82. The molecule has 0 radical (unpaired) electrons. The summed E-state index contributed by atoms with van der Waals surface area (Å²) in [6.45, 7) is 6.02. The molecule has 0 saturated carbocycles. The highest BCUT2D eigenvalue weighted by Crippen LogP contribution is 2.18. The lowest BCUT2D eigenvalue weighted by atomic mass is 10.1. The van der Waals surface area contributed by atoms with Gasteiger partial charge in [0.2, 0.25) is 5.91 Å². The van der Waals surface area contributed by atoms with Gasteiger partial charge in [-0.2, -0.15) is 0 Å². The van der Waals surface area contributed by atoms with Gasteiger partial charge in [0.1, 0.15) is 0 Å². The number of benzene rings is 2. The molecule has 1 heterocycles. The minimum atomic E-state index is 0.0565. The van der Waals surface area contributed by atoms with Crippen LogP contribution >= 0.6 is 0 Å². The molecule has 1 atom stereocenters. The number of guanidine groups is 1. The number of amides is 1. The van der Waals surface area contributed by atoms with Crippen molar-refractivity contribution in [3.05, 3.63) is 65.7 Å². The quantitative estimate of drug-likeness (QED) is 0.473. The number of carbonyl (C=O) groups excluding carboxylic acids is 1. The van der Waals surface area contributed by atoms with Gasteiger partial charge in [-0.05, 0) is 36.1 Å². The molecule has 1 unspecified atom stereocenters. The van der Waals surface area contributed by atoms with Gasteiger partial charge in [0.15, 0.2) is 5.96 Å². The Morgan fingerprint density at radius 1 is 1.16 bits per heavy atom. The predicted octanol–water partition coefficient (Wildman–Crippen LogP) is 4.04. The number of likely N-dealkylation sites (tertiary alicyclic amines) is 1. The number of ether oxygens (including phenoxy) is 1. The Balaban J connectivity index is 1.43. The van der Waals surface area contributed by atoms with E-state index in [1.165, 1.54) is 5.56 Å². The van der Waals surface area contributed by atoms with E-state index >= 15 is 0 Å². The third-order valence-electron chi connectivity index (χ3n) is 5.40. The largest absolute Gasteiger partial charge is 0.376 e. The van der Waals surface area contributed by atoms with E-state index in [9.17, 15) is 4.79 Å². The maximum atomic E-state index is 11.8. The second-order valence-electron chi connectivity index (χ2n) is 8.00. The number of nitrogens with zero attached hydrogens (tertiary/aromatic N) is 2. The first-order valence-electron chi connectivity index (χ1n) is 11.1. The van der Waals surface area contributed by atoms with Crippen molar-refractivity contribution in [2.45, 2.75) is 39.3 Å². The van der Waals surface area contributed by atoms with Crippen molar-refractivity contribution in [3.8, 4) is 0 Å². The fourth-order valence-electron chi connectivity index (χ4n) is 3.80. The molecule has 6 nitrogen and oxygen atoms in total. The Kier molecular flexibility index (Phi) is 8.91. The number of carbonyl (C=O) groups is 1. The monoisotopic (exact) mass is 422 g/mol. The summed E-state index contributed by atoms with van der Waals surface area (Å²) in [6.07, 6.45) is 2.49. The summed E-state index contributed by atoms with van der Waals surface area (Å²) < 4.78 is 5.94. The maximum Gasteiger partial charge on any atom is 0.224 e. The molecule has 1 saturated heterocycles. The molecule has 1 aliphatic rings. The Labute approximate surface area is 185 Å². The van der Waals surface area contributed by atoms with Gasteiger partial charge >= 0.3 is 0 Å². The van der Waals surface area contributed by atoms with Gasteiger partial charge in [-0.15, -0.1) is 0 Å². The minimum Gasteiger partial charge on any atom is -0.376 e. The predicted molar refractivity (Wildman–Crippen MR) is 126 cm³/mol. The zero-order valence-electron chi connectivity index (χ0n) is 18.6. The summed E-state index contributed by atoms with van der Waals surface area (Å²) in [5.41, 5.74) is 3.16. The Morgan fingerprint density at radius 3 is 2.74 bits per heavy atom. The molecule has 1 fully saturated rings. The third kappa shape index (κ3) is 7.40. The molecule has 2 N–H and O–H groups in total. The SMILES string of the molecule is CCCC(=O)Nc1cccc(CNC(=NC)N2CCC(COCc3ccccc3)C2)c1. The van der Waals surface area contributed by atoms with Crippen molar-refractivity contribution < 1.29 is 9.53 Å². The van der Waals surface area contributed by atoms with Crippen LogP contribution in [0.3, 0.4) is 0 Å². The van der Waals surface area contributed by atoms with Gasteiger partial charge in [0, 0.05) is 44.7 Å². The van der Waals surface area contributed by atoms with E-state index in [1.54, 1.807) is 0 Å². The topological polar surface area (TPSA) is 66.0 Å². The summed E-state index contributed by atoms with van der Waals surface area (Å²) in [6, 6.07) is 18.3. The lowest BCUT2D eigenvalue weighted by Gasteiger charge is -2.22. The molecule has 3 rings (SSSR count). The minimum absolute atomic E-state index is 0.0565. The smallest absolute Gasteiger partial charge is 0.224 e. The number of aliphatic imine (C=N–C) groups is 1. The van der Waals surface area contributed by atoms with E-state index in [1.807, 2.05) is 50.4 Å². The maximum absolute atomic E-state index is 11.8. The highest BCUT2D eigenvalue weighted by atomic mass is 16.5. The first kappa shape index (κ1) is 22.8. The van der Waals surface area contributed by atoms with E-state index in [2.05, 4.69) is 38.7 Å². The molecular formula is C25H34N4O2. The molecule has 2 aromatic rings. The van der Waals surface area contributed by atoms with E-state index < -0.39 is 0 Å². The average molecular weight is 423 g/mol. The van der Waals surface area contributed by atoms with Crippen molar-refractivity contribution >= 4 is 17.6 Å². The second kappa shape index (κ2) is 12.1. The number of hydrogen-bond acceptors (Lipinski definition) is 3. The Bertz CT molecular complexity index is 854. The van der Waals surface area contributed by atoms with Crippen molar-refractivity contribution in [1.29, 1.82) is 0 Å². The van der Waals surface area contributed by atoms with E-state index in [-0.39, 0.29) is 5.91 Å². The Hall–Kier alpha value is -2.86. The van der Waals surface area contributed by atoms with Crippen LogP contribution in [0.1, 0.15) is 37.3 Å². The molecule has 0 spiro atoms. The van der Waals surface area contributed by atoms with Gasteiger partial charge in [-0.3, -0.25) is 9.79 Å². The molecule has 166 valence electrons. The molecular weight excluding hydrogens is 388 g/mol. The van der Waals surface area contributed by atoms with Gasteiger partial charge in [0.25, 0.3) is 0 Å². The number of hydrogen-bond donors (Lipinski definition) is 2. The van der Waals surface area contributed by atoms with E-state index in [0.717, 1.165) is 49.7 Å². The van der Waals surface area contributed by atoms with Crippen LogP contribution in [0.5, 0.6) is 0 Å². The van der Waals surface area contributed by atoms with Crippen molar-refractivity contribution in [2.75, 3.05) is 32.1 Å². The van der Waals surface area contributed by atoms with Crippen LogP contribution in [0, 0.1) is 5.92 Å². The van der Waals surface area contributed by atoms with Gasteiger partial charge in [-0.25, -0.2) is 0 Å². The molecule has 2 aromatic carbocycles. The van der Waals surface area contributed by atoms with Crippen LogP contribution < -0.4 is 10.6 Å². The molecule has 0 bridgehead atoms. The van der Waals surface area contributed by atoms with E-state index in [0.29, 0.717) is 25.5 Å². The fraction of sp³-hybridized carbons (Fsp3) is 0.440. The molecule has 6 heteroatoms. The highest BCUT2D eigenvalue weighted by Gasteiger charge is 2.25. The first-order valence-corrected chi connectivity index (χ1v) is 11.1. The standard InChI is InChI=1S/C25H34N4O2/c1-3-8-24(30)28-23-12-7-11-21(15-23)16-27-25(26-2)29-14-13-22(17-29)19-31-18-20-9-5-4-6-10-20/h4-7,9-12,15,22H,3,8,13-14,16-19H2,1-2H3,(H,26,27)(H,28,30). The summed E-state index contributed by atoms with van der Waals surface area (Å²) in [5, 5.41) is 6.41. The van der Waals surface area contributed by atoms with Gasteiger partial charge in [0.05, 0.1) is 13.2 Å². The molecule has 1 amide bonds. The van der Waals surface area contributed by atoms with Crippen LogP contribution in [0.25, 0.3) is 0 Å². The normalized spacial score (nSPS) is 16.4. The fourth-order valence-corrected chi connectivity index (χ4v) is 3.80. The summed E-state index contributed by atoms with van der Waals surface area (Å²) in [5.74, 6) is 1.48. The second-order valence-corrected chi connectivity index (χ2v) is 8.00. The van der Waals surface area contributed by atoms with Crippen molar-refractivity contribution in [1.82, 2.24) is 10.2 Å². The van der Waals surface area contributed by atoms with Crippen molar-refractivity contribution in [3.63, 3.8) is 0 Å². The molecule has 0 aromatic heterocycles. The summed E-state index contributed by atoms with van der Waals surface area (Å²) in [4.78, 5) is 18.6. The average Bonchev–Trinajstić information content (AvgIpc) is 3.24. The lowest BCUT2D eigenvalue weighted by Crippen LogP contribution is -2.39. The van der Waals surface area contributed by atoms with Crippen LogP contribution in [0.4, 0.5) is 5.69 Å². The third-order valence-corrected chi connectivity index (χ3v) is 5.40. The zero-order chi connectivity index (χ0) is 21.9. The highest BCUT2D eigenvalue weighted by molar-refractivity contribution is 5.90. The molecule has 31 heavy (non-hydrogen) atoms. The lowest BCUT2D eigenvalue weighted by molar-refractivity contribution is -0.116. The van der Waals surface area contributed by atoms with Crippen molar-refractivity contribution in [2.24, 2.45) is 10.9 Å². The Morgan fingerprint density at radius 2 is 1.97 bits per heavy atom. The van der Waals surface area contributed by atoms with Crippen LogP contribution in [-0.2, 0) is 22.7 Å². The zero-order valence-corrected chi connectivity index (χ0v) is 18.6. The summed E-state index contributed by atoms with van der Waals surface area (Å²) >= 11 is 0. The molecule has 1 aliphatic heterocycles. The van der Waals surface area contributed by atoms with Crippen LogP contribution in [0.15, 0.2) is 59.6 Å². The van der Waals surface area contributed by atoms with Crippen LogP contribution in [0.2, 0.25) is 0 Å².